The fraction of sp³-hybridized carbons (Fsp3) is 0.692. The molecule has 21 heavy (non-hydrogen) atoms. The molecule has 7 nitrogen and oxygen atoms in total. The molecule has 3 atom stereocenters. The number of methoxy groups -OCH3 is 2. The molecule has 1 aliphatic heterocycles. The van der Waals surface area contributed by atoms with Crippen molar-refractivity contribution in [2.75, 3.05) is 34.5 Å². The first-order valence-electron chi connectivity index (χ1n) is 6.63. The summed E-state index contributed by atoms with van der Waals surface area (Å²) in [5.41, 5.74) is 0. The summed E-state index contributed by atoms with van der Waals surface area (Å²) >= 11 is 5.79. The van der Waals surface area contributed by atoms with Crippen molar-refractivity contribution in [1.29, 1.82) is 0 Å². The average molecular weight is 318 g/mol. The minimum Gasteiger partial charge on any atom is -0.376 e. The fourth-order valence-electron chi connectivity index (χ4n) is 2.45. The van der Waals surface area contributed by atoms with Gasteiger partial charge >= 0.3 is 0 Å². The summed E-state index contributed by atoms with van der Waals surface area (Å²) in [6.07, 6.45) is 2.69. The van der Waals surface area contributed by atoms with Crippen molar-refractivity contribution in [2.45, 2.75) is 24.8 Å². The maximum absolute atomic E-state index is 12.3. The number of likely N-dealkylation sites (N-methyl/N-ethyl adjacent to an activating group) is 1. The molecule has 1 aliphatic rings. The van der Waals surface area contributed by atoms with Gasteiger partial charge in [-0.05, 0) is 0 Å². The standard InChI is InChI=1S/C13H20ClN3O4/c1-16(12(18)6-17-5-9(14)4-15-17)10-7-21-8-11(19-2)13(10)20-3/h4-5,10-11,13H,6-8H2,1-3H3/t10-,11-,13+/m1/s1. The number of aromatic nitrogens is 2. The van der Waals surface area contributed by atoms with Gasteiger partial charge in [0, 0.05) is 27.5 Å². The lowest BCUT2D eigenvalue weighted by Gasteiger charge is -2.40. The minimum absolute atomic E-state index is 0.0952. The highest BCUT2D eigenvalue weighted by molar-refractivity contribution is 6.30. The van der Waals surface area contributed by atoms with E-state index < -0.39 is 0 Å². The Hall–Kier alpha value is -1.15. The lowest BCUT2D eigenvalue weighted by atomic mass is 10.0. The summed E-state index contributed by atoms with van der Waals surface area (Å²) in [5, 5.41) is 4.50. The van der Waals surface area contributed by atoms with E-state index in [4.69, 9.17) is 25.8 Å². The monoisotopic (exact) mass is 317 g/mol. The number of hydrogen-bond donors (Lipinski definition) is 0. The summed E-state index contributed by atoms with van der Waals surface area (Å²) in [7, 11) is 4.95. The Morgan fingerprint density at radius 2 is 2.29 bits per heavy atom. The van der Waals surface area contributed by atoms with Crippen LogP contribution in [0.1, 0.15) is 0 Å². The van der Waals surface area contributed by atoms with Crippen LogP contribution in [-0.4, -0.2) is 73.3 Å². The Bertz CT molecular complexity index is 482. The molecule has 2 heterocycles. The molecule has 8 heteroatoms. The van der Waals surface area contributed by atoms with E-state index in [1.54, 1.807) is 32.4 Å². The smallest absolute Gasteiger partial charge is 0.244 e. The molecule has 118 valence electrons. The maximum atomic E-state index is 12.3. The van der Waals surface area contributed by atoms with Gasteiger partial charge < -0.3 is 19.1 Å². The first-order chi connectivity index (χ1) is 10.1. The quantitative estimate of drug-likeness (QED) is 0.787. The lowest BCUT2D eigenvalue weighted by Crippen LogP contribution is -2.58. The summed E-state index contributed by atoms with van der Waals surface area (Å²) in [5.74, 6) is -0.0952. The molecule has 1 fully saturated rings. The normalized spacial score (nSPS) is 25.8. The highest BCUT2D eigenvalue weighted by Crippen LogP contribution is 2.19. The van der Waals surface area contributed by atoms with Crippen LogP contribution < -0.4 is 0 Å². The zero-order valence-electron chi connectivity index (χ0n) is 12.4. The lowest BCUT2D eigenvalue weighted by molar-refractivity contribution is -0.165. The van der Waals surface area contributed by atoms with Crippen molar-refractivity contribution in [2.24, 2.45) is 0 Å². The van der Waals surface area contributed by atoms with E-state index in [2.05, 4.69) is 5.10 Å². The molecule has 0 aromatic carbocycles. The molecular weight excluding hydrogens is 298 g/mol. The van der Waals surface area contributed by atoms with E-state index in [1.807, 2.05) is 0 Å². The summed E-state index contributed by atoms with van der Waals surface area (Å²) in [6.45, 7) is 0.997. The molecule has 0 radical (unpaired) electrons. The van der Waals surface area contributed by atoms with Crippen molar-refractivity contribution >= 4 is 17.5 Å². The van der Waals surface area contributed by atoms with Crippen LogP contribution in [0.4, 0.5) is 0 Å². The minimum atomic E-state index is -0.223. The average Bonchev–Trinajstić information content (AvgIpc) is 2.90. The van der Waals surface area contributed by atoms with Gasteiger partial charge in [-0.1, -0.05) is 11.6 Å². The highest BCUT2D eigenvalue weighted by atomic mass is 35.5. The van der Waals surface area contributed by atoms with Gasteiger partial charge in [-0.25, -0.2) is 0 Å². The molecular formula is C13H20ClN3O4. The maximum Gasteiger partial charge on any atom is 0.244 e. The van der Waals surface area contributed by atoms with E-state index >= 15 is 0 Å². The third kappa shape index (κ3) is 3.74. The Balaban J connectivity index is 2.03. The fourth-order valence-corrected chi connectivity index (χ4v) is 2.60. The topological polar surface area (TPSA) is 65.8 Å². The Morgan fingerprint density at radius 3 is 2.86 bits per heavy atom. The first kappa shape index (κ1) is 16.2. The SMILES string of the molecule is CO[C@H]1[C@H](N(C)C(=O)Cn2cc(Cl)cn2)COC[C@H]1OC. The van der Waals surface area contributed by atoms with Crippen LogP contribution in [0.15, 0.2) is 12.4 Å². The third-order valence-corrected chi connectivity index (χ3v) is 3.88. The van der Waals surface area contributed by atoms with E-state index in [0.717, 1.165) is 0 Å². The van der Waals surface area contributed by atoms with Crippen molar-refractivity contribution in [1.82, 2.24) is 14.7 Å². The number of hydrogen-bond acceptors (Lipinski definition) is 5. The van der Waals surface area contributed by atoms with Crippen LogP contribution in [0.2, 0.25) is 5.02 Å². The van der Waals surface area contributed by atoms with Crippen LogP contribution in [0.5, 0.6) is 0 Å². The van der Waals surface area contributed by atoms with E-state index in [-0.39, 0.29) is 30.7 Å². The molecule has 0 unspecified atom stereocenters. The van der Waals surface area contributed by atoms with Crippen molar-refractivity contribution < 1.29 is 19.0 Å². The number of amides is 1. The van der Waals surface area contributed by atoms with Gasteiger partial charge in [0.05, 0.1) is 30.5 Å². The van der Waals surface area contributed by atoms with Gasteiger partial charge in [0.15, 0.2) is 0 Å². The van der Waals surface area contributed by atoms with Gasteiger partial charge in [-0.2, -0.15) is 5.10 Å². The Morgan fingerprint density at radius 1 is 1.52 bits per heavy atom. The molecule has 1 aromatic rings. The Labute approximate surface area is 128 Å². The molecule has 1 saturated heterocycles. The summed E-state index contributed by atoms with van der Waals surface area (Å²) in [6, 6.07) is -0.202. The van der Waals surface area contributed by atoms with Crippen LogP contribution in [0.25, 0.3) is 0 Å². The molecule has 0 saturated carbocycles. The number of carbonyl (C=O) groups excluding carboxylic acids is 1. The van der Waals surface area contributed by atoms with E-state index in [0.29, 0.717) is 18.2 Å². The second kappa shape index (κ2) is 7.22. The van der Waals surface area contributed by atoms with Crippen LogP contribution in [0, 0.1) is 0 Å². The van der Waals surface area contributed by atoms with Crippen molar-refractivity contribution in [3.8, 4) is 0 Å². The summed E-state index contributed by atoms with van der Waals surface area (Å²) in [4.78, 5) is 14.0. The van der Waals surface area contributed by atoms with Gasteiger partial charge in [0.25, 0.3) is 0 Å². The zero-order chi connectivity index (χ0) is 15.4. The number of nitrogens with zero attached hydrogens (tertiary/aromatic N) is 3. The number of halogens is 1. The molecule has 0 aliphatic carbocycles. The first-order valence-corrected chi connectivity index (χ1v) is 7.01. The van der Waals surface area contributed by atoms with E-state index in [9.17, 15) is 4.79 Å². The highest BCUT2D eigenvalue weighted by Gasteiger charge is 2.38. The van der Waals surface area contributed by atoms with Crippen molar-refractivity contribution in [3.05, 3.63) is 17.4 Å². The number of carbonyl (C=O) groups is 1. The molecule has 1 amide bonds. The molecule has 0 bridgehead atoms. The van der Waals surface area contributed by atoms with E-state index in [1.165, 1.54) is 10.9 Å². The van der Waals surface area contributed by atoms with Crippen molar-refractivity contribution in [3.63, 3.8) is 0 Å². The van der Waals surface area contributed by atoms with Gasteiger partial charge in [-0.3, -0.25) is 9.48 Å². The zero-order valence-corrected chi connectivity index (χ0v) is 13.1. The van der Waals surface area contributed by atoms with Crippen LogP contribution in [0.3, 0.4) is 0 Å². The molecule has 1 aromatic heterocycles. The summed E-state index contributed by atoms with van der Waals surface area (Å²) < 4.78 is 17.8. The largest absolute Gasteiger partial charge is 0.376 e. The van der Waals surface area contributed by atoms with Gasteiger partial charge in [0.1, 0.15) is 18.8 Å². The molecule has 0 spiro atoms. The number of rotatable bonds is 5. The van der Waals surface area contributed by atoms with Crippen LogP contribution >= 0.6 is 11.6 Å². The van der Waals surface area contributed by atoms with Gasteiger partial charge in [0.2, 0.25) is 5.91 Å². The molecule has 2 rings (SSSR count). The predicted octanol–water partition coefficient (Wildman–Crippen LogP) is 0.424. The Kier molecular flexibility index (Phi) is 5.58. The second-order valence-electron chi connectivity index (χ2n) is 4.94. The van der Waals surface area contributed by atoms with Crippen LogP contribution in [-0.2, 0) is 25.5 Å². The second-order valence-corrected chi connectivity index (χ2v) is 5.38. The predicted molar refractivity (Wildman–Crippen MR) is 76.2 cm³/mol. The number of ether oxygens (including phenoxy) is 3. The third-order valence-electron chi connectivity index (χ3n) is 3.68. The van der Waals surface area contributed by atoms with Gasteiger partial charge in [-0.15, -0.1) is 0 Å². The molecule has 0 N–H and O–H groups in total.